The molecule has 0 aliphatic rings. The maximum atomic E-state index is 5.60. The van der Waals surface area contributed by atoms with Crippen LogP contribution in [0.3, 0.4) is 0 Å². The molecular formula is C15H28BrN3O2. The number of hydrogen-bond donors (Lipinski definition) is 1. The van der Waals surface area contributed by atoms with Crippen molar-refractivity contribution in [3.63, 3.8) is 0 Å². The quantitative estimate of drug-likeness (QED) is 0.695. The van der Waals surface area contributed by atoms with E-state index in [2.05, 4.69) is 47.1 Å². The molecule has 122 valence electrons. The van der Waals surface area contributed by atoms with E-state index in [1.807, 2.05) is 10.9 Å². The Bertz CT molecular complexity index is 421. The highest BCUT2D eigenvalue weighted by Crippen LogP contribution is 2.30. The molecule has 0 aromatic carbocycles. The smallest absolute Gasteiger partial charge is 0.0697 e. The Balaban J connectivity index is 2.98. The normalized spacial score (nSPS) is 13.6. The number of aromatic nitrogens is 2. The SMILES string of the molecule is CCCNC(CC(C)(C)OC)c1c(Br)cnn1CCOC. The van der Waals surface area contributed by atoms with E-state index in [1.165, 1.54) is 0 Å². The Labute approximate surface area is 136 Å². The van der Waals surface area contributed by atoms with Crippen molar-refractivity contribution in [3.8, 4) is 0 Å². The molecule has 1 N–H and O–H groups in total. The van der Waals surface area contributed by atoms with Crippen LogP contribution in [-0.2, 0) is 16.0 Å². The minimum absolute atomic E-state index is 0.189. The lowest BCUT2D eigenvalue weighted by molar-refractivity contribution is 0.00598. The van der Waals surface area contributed by atoms with Gasteiger partial charge in [0.2, 0.25) is 0 Å². The van der Waals surface area contributed by atoms with Gasteiger partial charge in [0.05, 0.1) is 41.2 Å². The van der Waals surface area contributed by atoms with E-state index >= 15 is 0 Å². The molecular weight excluding hydrogens is 334 g/mol. The highest BCUT2D eigenvalue weighted by atomic mass is 79.9. The first-order valence-electron chi connectivity index (χ1n) is 7.43. The molecule has 5 nitrogen and oxygen atoms in total. The summed E-state index contributed by atoms with van der Waals surface area (Å²) in [5, 5.41) is 8.06. The second kappa shape index (κ2) is 8.88. The van der Waals surface area contributed by atoms with E-state index in [0.717, 1.165) is 36.1 Å². The third-order valence-electron chi connectivity index (χ3n) is 3.56. The number of rotatable bonds is 10. The van der Waals surface area contributed by atoms with Crippen molar-refractivity contribution in [2.45, 2.75) is 51.8 Å². The molecule has 1 unspecified atom stereocenters. The third kappa shape index (κ3) is 5.70. The number of halogens is 1. The first-order valence-corrected chi connectivity index (χ1v) is 8.23. The minimum Gasteiger partial charge on any atom is -0.383 e. The molecule has 1 aromatic rings. The largest absolute Gasteiger partial charge is 0.383 e. The number of hydrogen-bond acceptors (Lipinski definition) is 4. The van der Waals surface area contributed by atoms with E-state index in [4.69, 9.17) is 9.47 Å². The van der Waals surface area contributed by atoms with Gasteiger partial charge in [0.1, 0.15) is 0 Å². The van der Waals surface area contributed by atoms with Crippen LogP contribution in [0.1, 0.15) is 45.3 Å². The fraction of sp³-hybridized carbons (Fsp3) is 0.800. The molecule has 0 bridgehead atoms. The summed E-state index contributed by atoms with van der Waals surface area (Å²) in [6.45, 7) is 8.74. The van der Waals surface area contributed by atoms with Gasteiger partial charge in [-0.15, -0.1) is 0 Å². The summed E-state index contributed by atoms with van der Waals surface area (Å²) in [7, 11) is 3.47. The van der Waals surface area contributed by atoms with Crippen molar-refractivity contribution in [2.75, 3.05) is 27.4 Å². The molecule has 0 saturated carbocycles. The van der Waals surface area contributed by atoms with Crippen LogP contribution in [0, 0.1) is 0 Å². The van der Waals surface area contributed by atoms with E-state index in [0.29, 0.717) is 6.61 Å². The van der Waals surface area contributed by atoms with Crippen LogP contribution in [0.5, 0.6) is 0 Å². The summed E-state index contributed by atoms with van der Waals surface area (Å²) in [6, 6.07) is 0.189. The monoisotopic (exact) mass is 361 g/mol. The Kier molecular flexibility index (Phi) is 7.87. The van der Waals surface area contributed by atoms with Crippen molar-refractivity contribution in [3.05, 3.63) is 16.4 Å². The number of nitrogens with one attached hydrogen (secondary N) is 1. The van der Waals surface area contributed by atoms with Crippen LogP contribution in [-0.4, -0.2) is 42.8 Å². The molecule has 0 fully saturated rings. The summed E-state index contributed by atoms with van der Waals surface area (Å²) in [6.07, 6.45) is 3.82. The molecule has 1 rings (SSSR count). The average molecular weight is 362 g/mol. The summed E-state index contributed by atoms with van der Waals surface area (Å²) >= 11 is 3.63. The Morgan fingerprint density at radius 2 is 2.14 bits per heavy atom. The van der Waals surface area contributed by atoms with Gasteiger partial charge in [0.15, 0.2) is 0 Å². The number of methoxy groups -OCH3 is 2. The van der Waals surface area contributed by atoms with Crippen LogP contribution in [0.15, 0.2) is 10.7 Å². The first kappa shape index (κ1) is 18.6. The molecule has 0 saturated heterocycles. The van der Waals surface area contributed by atoms with Gasteiger partial charge in [-0.3, -0.25) is 4.68 Å². The number of ether oxygens (including phenoxy) is 2. The highest BCUT2D eigenvalue weighted by molar-refractivity contribution is 9.10. The van der Waals surface area contributed by atoms with Gasteiger partial charge in [-0.1, -0.05) is 6.92 Å². The van der Waals surface area contributed by atoms with Gasteiger partial charge in [0, 0.05) is 14.2 Å². The standard InChI is InChI=1S/C15H28BrN3O2/c1-6-7-17-13(10-15(2,3)21-5)14-12(16)11-18-19(14)8-9-20-4/h11,13,17H,6-10H2,1-5H3. The minimum atomic E-state index is -0.193. The lowest BCUT2D eigenvalue weighted by Gasteiger charge is -2.30. The summed E-state index contributed by atoms with van der Waals surface area (Å²) in [5.41, 5.74) is 0.965. The maximum Gasteiger partial charge on any atom is 0.0697 e. The van der Waals surface area contributed by atoms with Crippen LogP contribution in [0.25, 0.3) is 0 Å². The van der Waals surface area contributed by atoms with Crippen molar-refractivity contribution in [1.29, 1.82) is 0 Å². The van der Waals surface area contributed by atoms with Crippen molar-refractivity contribution in [1.82, 2.24) is 15.1 Å². The highest BCUT2D eigenvalue weighted by Gasteiger charge is 2.27. The molecule has 0 spiro atoms. The van der Waals surface area contributed by atoms with E-state index in [-0.39, 0.29) is 11.6 Å². The first-order chi connectivity index (χ1) is 9.95. The Morgan fingerprint density at radius 3 is 2.71 bits per heavy atom. The topological polar surface area (TPSA) is 48.3 Å². The summed E-state index contributed by atoms with van der Waals surface area (Å²) in [5.74, 6) is 0. The molecule has 0 aliphatic heterocycles. The fourth-order valence-electron chi connectivity index (χ4n) is 2.23. The molecule has 1 atom stereocenters. The molecule has 1 aromatic heterocycles. The summed E-state index contributed by atoms with van der Waals surface area (Å²) < 4.78 is 13.8. The van der Waals surface area contributed by atoms with Gasteiger partial charge in [0.25, 0.3) is 0 Å². The van der Waals surface area contributed by atoms with Crippen molar-refractivity contribution >= 4 is 15.9 Å². The molecule has 0 aliphatic carbocycles. The van der Waals surface area contributed by atoms with Gasteiger partial charge < -0.3 is 14.8 Å². The van der Waals surface area contributed by atoms with Gasteiger partial charge >= 0.3 is 0 Å². The lowest BCUT2D eigenvalue weighted by Crippen LogP contribution is -2.34. The molecule has 1 heterocycles. The predicted octanol–water partition coefficient (Wildman–Crippen LogP) is 3.15. The second-order valence-electron chi connectivity index (χ2n) is 5.77. The molecule has 0 amide bonds. The molecule has 0 radical (unpaired) electrons. The summed E-state index contributed by atoms with van der Waals surface area (Å²) in [4.78, 5) is 0. The number of nitrogens with zero attached hydrogens (tertiary/aromatic N) is 2. The van der Waals surface area contributed by atoms with Gasteiger partial charge in [-0.25, -0.2) is 0 Å². The third-order valence-corrected chi connectivity index (χ3v) is 4.17. The molecule has 6 heteroatoms. The van der Waals surface area contributed by atoms with Gasteiger partial charge in [-0.2, -0.15) is 5.10 Å². The van der Waals surface area contributed by atoms with Crippen LogP contribution in [0.2, 0.25) is 0 Å². The lowest BCUT2D eigenvalue weighted by atomic mass is 9.96. The maximum absolute atomic E-state index is 5.60. The van der Waals surface area contributed by atoms with Gasteiger partial charge in [-0.05, 0) is 49.2 Å². The van der Waals surface area contributed by atoms with E-state index in [1.54, 1.807) is 14.2 Å². The fourth-order valence-corrected chi connectivity index (χ4v) is 2.81. The second-order valence-corrected chi connectivity index (χ2v) is 6.62. The molecule has 21 heavy (non-hydrogen) atoms. The Morgan fingerprint density at radius 1 is 1.43 bits per heavy atom. The zero-order valence-corrected chi connectivity index (χ0v) is 15.4. The van der Waals surface area contributed by atoms with Crippen LogP contribution >= 0.6 is 15.9 Å². The zero-order chi connectivity index (χ0) is 15.9. The van der Waals surface area contributed by atoms with E-state index < -0.39 is 0 Å². The zero-order valence-electron chi connectivity index (χ0n) is 13.8. The Hall–Kier alpha value is -0.430. The average Bonchev–Trinajstić information content (AvgIpc) is 2.82. The van der Waals surface area contributed by atoms with Crippen molar-refractivity contribution < 1.29 is 9.47 Å². The van der Waals surface area contributed by atoms with E-state index in [9.17, 15) is 0 Å². The van der Waals surface area contributed by atoms with Crippen LogP contribution in [0.4, 0.5) is 0 Å². The van der Waals surface area contributed by atoms with Crippen molar-refractivity contribution in [2.24, 2.45) is 0 Å². The predicted molar refractivity (Wildman–Crippen MR) is 88.5 cm³/mol. The van der Waals surface area contributed by atoms with Crippen LogP contribution < -0.4 is 5.32 Å².